The molecule has 2 heterocycles. The van der Waals surface area contributed by atoms with Gasteiger partial charge in [0.1, 0.15) is 5.56 Å². The summed E-state index contributed by atoms with van der Waals surface area (Å²) in [4.78, 5) is 32.1. The van der Waals surface area contributed by atoms with Crippen molar-refractivity contribution in [3.05, 3.63) is 59.3 Å². The molecule has 0 aliphatic heterocycles. The number of aromatic nitrogens is 4. The Hall–Kier alpha value is -4.03. The molecule has 2 aromatic heterocycles. The molecule has 0 saturated heterocycles. The van der Waals surface area contributed by atoms with E-state index in [0.717, 1.165) is 48.0 Å². The third kappa shape index (κ3) is 6.39. The molecule has 0 bridgehead atoms. The molecule has 1 N–H and O–H groups in total. The van der Waals surface area contributed by atoms with Gasteiger partial charge in [0, 0.05) is 30.3 Å². The van der Waals surface area contributed by atoms with Gasteiger partial charge in [-0.1, -0.05) is 0 Å². The highest BCUT2D eigenvalue weighted by Gasteiger charge is 2.39. The number of hydrogen-bond acceptors (Lipinski definition) is 6. The van der Waals surface area contributed by atoms with Gasteiger partial charge in [-0.3, -0.25) is 4.79 Å². The zero-order valence-electron chi connectivity index (χ0n) is 23.1. The van der Waals surface area contributed by atoms with E-state index in [4.69, 9.17) is 4.74 Å². The molecule has 9 nitrogen and oxygen atoms in total. The second kappa shape index (κ2) is 11.7. The number of nitrogens with zero attached hydrogens (tertiary/aromatic N) is 5. The Bertz CT molecular complexity index is 1450. The van der Waals surface area contributed by atoms with E-state index >= 15 is 4.39 Å². The Morgan fingerprint density at radius 1 is 1.05 bits per heavy atom. The molecule has 1 amide bonds. The lowest BCUT2D eigenvalue weighted by atomic mass is 9.79. The molecule has 2 aliphatic rings. The summed E-state index contributed by atoms with van der Waals surface area (Å²) in [6, 6.07) is 1.91. The number of halogens is 4. The van der Waals surface area contributed by atoms with Gasteiger partial charge in [0.2, 0.25) is 11.8 Å². The molecule has 1 aromatic carbocycles. The lowest BCUT2D eigenvalue weighted by molar-refractivity contribution is -0.139. The van der Waals surface area contributed by atoms with Crippen LogP contribution in [-0.2, 0) is 17.5 Å². The van der Waals surface area contributed by atoms with Gasteiger partial charge in [-0.25, -0.2) is 14.2 Å². The van der Waals surface area contributed by atoms with Crippen molar-refractivity contribution in [1.82, 2.24) is 20.0 Å². The minimum absolute atomic E-state index is 0.100. The van der Waals surface area contributed by atoms with Crippen molar-refractivity contribution < 1.29 is 37.0 Å². The van der Waals surface area contributed by atoms with E-state index in [-0.39, 0.29) is 29.6 Å². The summed E-state index contributed by atoms with van der Waals surface area (Å²) in [6.07, 6.45) is 4.58. The summed E-state index contributed by atoms with van der Waals surface area (Å²) in [5.74, 6) is -3.61. The fourth-order valence-electron chi connectivity index (χ4n) is 5.70. The maximum Gasteiger partial charge on any atom is 0.421 e. The smallest absolute Gasteiger partial charge is 0.421 e. The maximum atomic E-state index is 15.4. The minimum Gasteiger partial charge on any atom is -0.478 e. The summed E-state index contributed by atoms with van der Waals surface area (Å²) in [5.41, 5.74) is -1.82. The number of aromatic carboxylic acids is 1. The van der Waals surface area contributed by atoms with Crippen LogP contribution in [-0.4, -0.2) is 43.0 Å². The summed E-state index contributed by atoms with van der Waals surface area (Å²) in [5, 5.41) is 17.7. The first-order valence-electron chi connectivity index (χ1n) is 13.9. The number of carbonyl (C=O) groups excluding carboxylic acids is 1. The normalized spacial score (nSPS) is 19.1. The third-order valence-corrected chi connectivity index (χ3v) is 7.91. The zero-order chi connectivity index (χ0) is 30.2. The lowest BCUT2D eigenvalue weighted by Crippen LogP contribution is -2.43. The number of anilines is 1. The topological polar surface area (TPSA) is 110 Å². The monoisotopic (exact) mass is 589 g/mol. The van der Waals surface area contributed by atoms with Crippen LogP contribution in [0.2, 0.25) is 0 Å². The second-order valence-corrected chi connectivity index (χ2v) is 11.2. The van der Waals surface area contributed by atoms with Crippen molar-refractivity contribution in [1.29, 1.82) is 0 Å². The maximum absolute atomic E-state index is 15.4. The van der Waals surface area contributed by atoms with E-state index < -0.39 is 46.8 Å². The van der Waals surface area contributed by atoms with Crippen molar-refractivity contribution in [2.75, 3.05) is 4.90 Å². The quantitative estimate of drug-likeness (QED) is 0.291. The predicted molar refractivity (Wildman–Crippen MR) is 143 cm³/mol. The van der Waals surface area contributed by atoms with Crippen LogP contribution in [0, 0.1) is 23.6 Å². The predicted octanol–water partition coefficient (Wildman–Crippen LogP) is 6.33. The van der Waals surface area contributed by atoms with Gasteiger partial charge in [-0.05, 0) is 75.8 Å². The third-order valence-electron chi connectivity index (χ3n) is 7.91. The molecular formula is C29H31F4N5O4. The molecule has 0 unspecified atom stereocenters. The van der Waals surface area contributed by atoms with Crippen LogP contribution in [0.3, 0.4) is 0 Å². The number of carboxylic acid groups (broad SMARTS) is 1. The molecule has 0 atom stereocenters. The van der Waals surface area contributed by atoms with Crippen LogP contribution in [0.25, 0.3) is 0 Å². The number of amides is 1. The first-order chi connectivity index (χ1) is 19.9. The van der Waals surface area contributed by atoms with Gasteiger partial charge in [0.15, 0.2) is 11.6 Å². The Morgan fingerprint density at radius 3 is 2.21 bits per heavy atom. The number of alkyl halides is 3. The molecular weight excluding hydrogens is 558 g/mol. The first-order valence-corrected chi connectivity index (χ1v) is 13.9. The second-order valence-electron chi connectivity index (χ2n) is 11.2. The summed E-state index contributed by atoms with van der Waals surface area (Å²) >= 11 is 0. The van der Waals surface area contributed by atoms with Crippen molar-refractivity contribution in [2.24, 2.45) is 17.8 Å². The molecule has 42 heavy (non-hydrogen) atoms. The standard InChI is InChI=1S/C29H31F4N5O4/c1-16(2)38(27(39)20-7-5-19(6-8-20)18-3-4-18)24-13-23(30)25(12-21(24)28(40)41)42-26-22(29(31,32)33)11-17(14-34-26)15-37-35-9-10-36-37/h9-14,16,18-20H,3-8,15H2,1-2H3,(H,40,41). The van der Waals surface area contributed by atoms with Crippen molar-refractivity contribution in [3.63, 3.8) is 0 Å². The molecule has 3 aromatic rings. The number of pyridine rings is 1. The first kappa shape index (κ1) is 29.5. The van der Waals surface area contributed by atoms with Crippen LogP contribution in [0.5, 0.6) is 11.6 Å². The molecule has 2 saturated carbocycles. The molecule has 224 valence electrons. The van der Waals surface area contributed by atoms with Crippen LogP contribution in [0.4, 0.5) is 23.2 Å². The molecule has 13 heteroatoms. The fourth-order valence-corrected chi connectivity index (χ4v) is 5.70. The highest BCUT2D eigenvalue weighted by Crippen LogP contribution is 2.46. The van der Waals surface area contributed by atoms with Crippen molar-refractivity contribution >= 4 is 17.6 Å². The number of benzene rings is 1. The van der Waals surface area contributed by atoms with Gasteiger partial charge in [0.25, 0.3) is 0 Å². The molecule has 2 aliphatic carbocycles. The minimum atomic E-state index is -4.92. The van der Waals surface area contributed by atoms with Crippen LogP contribution >= 0.6 is 0 Å². The number of ether oxygens (including phenoxy) is 1. The van der Waals surface area contributed by atoms with E-state index in [2.05, 4.69) is 15.2 Å². The highest BCUT2D eigenvalue weighted by molar-refractivity contribution is 6.03. The largest absolute Gasteiger partial charge is 0.478 e. The number of carboxylic acids is 1. The lowest BCUT2D eigenvalue weighted by Gasteiger charge is -2.35. The average molecular weight is 590 g/mol. The summed E-state index contributed by atoms with van der Waals surface area (Å²) < 4.78 is 62.5. The molecule has 2 fully saturated rings. The molecule has 5 rings (SSSR count). The number of hydrogen-bond donors (Lipinski definition) is 1. The van der Waals surface area contributed by atoms with Gasteiger partial charge in [-0.15, -0.1) is 0 Å². The van der Waals surface area contributed by atoms with Gasteiger partial charge in [-0.2, -0.15) is 28.2 Å². The van der Waals surface area contributed by atoms with Gasteiger partial charge < -0.3 is 14.7 Å². The van der Waals surface area contributed by atoms with E-state index in [1.165, 1.54) is 30.1 Å². The van der Waals surface area contributed by atoms with Gasteiger partial charge in [0.05, 0.1) is 30.2 Å². The number of carbonyl (C=O) groups is 2. The molecule has 0 radical (unpaired) electrons. The van der Waals surface area contributed by atoms with Crippen LogP contribution in [0.15, 0.2) is 36.8 Å². The Kier molecular flexibility index (Phi) is 8.20. The summed E-state index contributed by atoms with van der Waals surface area (Å²) in [7, 11) is 0. The van der Waals surface area contributed by atoms with Gasteiger partial charge >= 0.3 is 12.1 Å². The highest BCUT2D eigenvalue weighted by atomic mass is 19.4. The number of rotatable bonds is 9. The summed E-state index contributed by atoms with van der Waals surface area (Å²) in [6.45, 7) is 3.29. The van der Waals surface area contributed by atoms with E-state index in [9.17, 15) is 27.9 Å². The Labute approximate surface area is 239 Å². The zero-order valence-corrected chi connectivity index (χ0v) is 23.1. The van der Waals surface area contributed by atoms with E-state index in [1.54, 1.807) is 13.8 Å². The van der Waals surface area contributed by atoms with Crippen molar-refractivity contribution in [2.45, 2.75) is 71.1 Å². The molecule has 0 spiro atoms. The SMILES string of the molecule is CC(C)N(C(=O)C1CCC(C2CC2)CC1)c1cc(F)c(Oc2ncc(Cn3nccn3)cc2C(F)(F)F)cc1C(=O)O. The van der Waals surface area contributed by atoms with E-state index in [0.29, 0.717) is 18.8 Å². The Morgan fingerprint density at radius 2 is 1.67 bits per heavy atom. The van der Waals surface area contributed by atoms with Crippen LogP contribution in [0.1, 0.15) is 73.9 Å². The average Bonchev–Trinajstić information content (AvgIpc) is 3.66. The van der Waals surface area contributed by atoms with Crippen LogP contribution < -0.4 is 9.64 Å². The van der Waals surface area contributed by atoms with Crippen molar-refractivity contribution in [3.8, 4) is 11.6 Å². The fraction of sp³-hybridized carbons (Fsp3) is 0.483. The van der Waals surface area contributed by atoms with E-state index in [1.807, 2.05) is 0 Å². The Balaban J connectivity index is 1.44.